The highest BCUT2D eigenvalue weighted by Gasteiger charge is 2.60. The maximum Gasteiger partial charge on any atom is 0.223 e. The Morgan fingerprint density at radius 1 is 1.20 bits per heavy atom. The van der Waals surface area contributed by atoms with Crippen LogP contribution in [0.2, 0.25) is 0 Å². The van der Waals surface area contributed by atoms with Crippen molar-refractivity contribution >= 4 is 5.91 Å². The van der Waals surface area contributed by atoms with E-state index in [1.165, 1.54) is 0 Å². The van der Waals surface area contributed by atoms with Crippen molar-refractivity contribution in [1.29, 1.82) is 0 Å². The van der Waals surface area contributed by atoms with Gasteiger partial charge in [-0.3, -0.25) is 4.79 Å². The quantitative estimate of drug-likeness (QED) is 0.721. The van der Waals surface area contributed by atoms with Gasteiger partial charge in [0.2, 0.25) is 5.91 Å². The topological polar surface area (TPSA) is 55.1 Å². The van der Waals surface area contributed by atoms with Crippen LogP contribution in [0, 0.1) is 16.7 Å². The Kier molecular flexibility index (Phi) is 2.16. The molecule has 0 aliphatic heterocycles. The molecule has 0 aromatic heterocycles. The van der Waals surface area contributed by atoms with Gasteiger partial charge in [0.05, 0.1) is 0 Å². The van der Waals surface area contributed by atoms with Crippen molar-refractivity contribution in [1.82, 2.24) is 5.32 Å². The Labute approximate surface area is 91.8 Å². The zero-order chi connectivity index (χ0) is 11.4. The first kappa shape index (κ1) is 10.9. The highest BCUT2D eigenvalue weighted by atomic mass is 16.2. The van der Waals surface area contributed by atoms with Gasteiger partial charge >= 0.3 is 0 Å². The summed E-state index contributed by atoms with van der Waals surface area (Å²) in [7, 11) is 0. The minimum absolute atomic E-state index is 0.0219. The number of hydrogen-bond donors (Lipinski definition) is 2. The molecule has 0 saturated heterocycles. The number of rotatable bonds is 2. The van der Waals surface area contributed by atoms with Gasteiger partial charge in [0, 0.05) is 28.8 Å². The molecule has 2 fully saturated rings. The summed E-state index contributed by atoms with van der Waals surface area (Å²) in [5.74, 6) is 0.515. The maximum absolute atomic E-state index is 11.7. The van der Waals surface area contributed by atoms with Crippen molar-refractivity contribution in [2.24, 2.45) is 22.5 Å². The first-order valence-electron chi connectivity index (χ1n) is 5.84. The number of carbonyl (C=O) groups excluding carboxylic acids is 1. The van der Waals surface area contributed by atoms with Crippen molar-refractivity contribution in [2.75, 3.05) is 0 Å². The summed E-state index contributed by atoms with van der Waals surface area (Å²) in [6, 6.07) is 0.377. The van der Waals surface area contributed by atoms with Crippen molar-refractivity contribution in [3.63, 3.8) is 0 Å². The number of carbonyl (C=O) groups is 1. The SMILES string of the molecule is CC1(C)C(N)C(C)(C)C1NC(=O)C1CC1. The smallest absolute Gasteiger partial charge is 0.223 e. The minimum atomic E-state index is 0.0219. The van der Waals surface area contributed by atoms with Crippen LogP contribution >= 0.6 is 0 Å². The average Bonchev–Trinajstić information content (AvgIpc) is 2.94. The predicted molar refractivity (Wildman–Crippen MR) is 60.2 cm³/mol. The second-order valence-electron chi connectivity index (χ2n) is 6.34. The molecule has 0 aromatic rings. The summed E-state index contributed by atoms with van der Waals surface area (Å²) in [6.07, 6.45) is 2.12. The van der Waals surface area contributed by atoms with Gasteiger partial charge in [-0.25, -0.2) is 0 Å². The van der Waals surface area contributed by atoms with E-state index in [1.807, 2.05) is 0 Å². The van der Waals surface area contributed by atoms with E-state index in [0.717, 1.165) is 12.8 Å². The summed E-state index contributed by atoms with van der Waals surface area (Å²) in [4.78, 5) is 11.7. The van der Waals surface area contributed by atoms with Gasteiger partial charge in [-0.1, -0.05) is 27.7 Å². The van der Waals surface area contributed by atoms with E-state index >= 15 is 0 Å². The Hall–Kier alpha value is -0.570. The number of nitrogens with two attached hydrogens (primary N) is 1. The second kappa shape index (κ2) is 2.97. The van der Waals surface area contributed by atoms with Gasteiger partial charge in [-0.05, 0) is 12.8 Å². The molecule has 2 aliphatic carbocycles. The summed E-state index contributed by atoms with van der Waals surface area (Å²) in [5, 5.41) is 3.17. The monoisotopic (exact) mass is 210 g/mol. The lowest BCUT2D eigenvalue weighted by Gasteiger charge is -2.62. The molecule has 0 bridgehead atoms. The molecular formula is C12H22N2O. The Bertz CT molecular complexity index is 276. The molecule has 0 heterocycles. The molecular weight excluding hydrogens is 188 g/mol. The minimum Gasteiger partial charge on any atom is -0.352 e. The fourth-order valence-corrected chi connectivity index (χ4v) is 3.16. The van der Waals surface area contributed by atoms with Crippen LogP contribution in [0.1, 0.15) is 40.5 Å². The molecule has 3 nitrogen and oxygen atoms in total. The largest absolute Gasteiger partial charge is 0.352 e. The molecule has 0 aromatic carbocycles. The molecule has 0 atom stereocenters. The van der Waals surface area contributed by atoms with Crippen LogP contribution in [0.15, 0.2) is 0 Å². The Balaban J connectivity index is 2.04. The first-order chi connectivity index (χ1) is 6.78. The molecule has 2 rings (SSSR count). The highest BCUT2D eigenvalue weighted by molar-refractivity contribution is 5.81. The number of nitrogens with one attached hydrogen (secondary N) is 1. The van der Waals surface area contributed by atoms with E-state index in [2.05, 4.69) is 33.0 Å². The first-order valence-corrected chi connectivity index (χ1v) is 5.84. The van der Waals surface area contributed by atoms with Crippen LogP contribution < -0.4 is 11.1 Å². The molecule has 15 heavy (non-hydrogen) atoms. The third-order valence-corrected chi connectivity index (χ3v) is 4.33. The fourth-order valence-electron chi connectivity index (χ4n) is 3.16. The lowest BCUT2D eigenvalue weighted by molar-refractivity contribution is -0.133. The van der Waals surface area contributed by atoms with E-state index in [1.54, 1.807) is 0 Å². The molecule has 3 N–H and O–H groups in total. The van der Waals surface area contributed by atoms with Crippen molar-refractivity contribution in [2.45, 2.75) is 52.6 Å². The number of amides is 1. The number of hydrogen-bond acceptors (Lipinski definition) is 2. The van der Waals surface area contributed by atoms with Gasteiger partial charge in [0.15, 0.2) is 0 Å². The molecule has 86 valence electrons. The third kappa shape index (κ3) is 1.48. The van der Waals surface area contributed by atoms with Crippen LogP contribution in [-0.2, 0) is 4.79 Å². The van der Waals surface area contributed by atoms with Gasteiger partial charge in [0.25, 0.3) is 0 Å². The summed E-state index contributed by atoms with van der Waals surface area (Å²) in [5.41, 5.74) is 6.18. The highest BCUT2D eigenvalue weighted by Crippen LogP contribution is 2.52. The van der Waals surface area contributed by atoms with E-state index in [9.17, 15) is 4.79 Å². The van der Waals surface area contributed by atoms with Crippen LogP contribution in [0.4, 0.5) is 0 Å². The molecule has 2 aliphatic rings. The standard InChI is InChI=1S/C12H22N2O/c1-11(2)9(13)12(3,4)10(11)14-8(15)7-5-6-7/h7,9-10H,5-6,13H2,1-4H3,(H,14,15). The zero-order valence-corrected chi connectivity index (χ0v) is 10.1. The van der Waals surface area contributed by atoms with Gasteiger partial charge in [0.1, 0.15) is 0 Å². The summed E-state index contributed by atoms with van der Waals surface area (Å²) in [6.45, 7) is 8.56. The Morgan fingerprint density at radius 2 is 1.67 bits per heavy atom. The normalized spacial score (nSPS) is 36.9. The van der Waals surface area contributed by atoms with Crippen LogP contribution in [0.5, 0.6) is 0 Å². The third-order valence-electron chi connectivity index (χ3n) is 4.33. The second-order valence-corrected chi connectivity index (χ2v) is 6.34. The molecule has 1 amide bonds. The van der Waals surface area contributed by atoms with Crippen LogP contribution in [0.3, 0.4) is 0 Å². The van der Waals surface area contributed by atoms with Crippen molar-refractivity contribution in [3.8, 4) is 0 Å². The lowest BCUT2D eigenvalue weighted by Crippen LogP contribution is -2.76. The lowest BCUT2D eigenvalue weighted by atomic mass is 9.48. The zero-order valence-electron chi connectivity index (χ0n) is 10.1. The predicted octanol–water partition coefficient (Wildman–Crippen LogP) is 1.27. The van der Waals surface area contributed by atoms with E-state index in [4.69, 9.17) is 5.73 Å². The van der Waals surface area contributed by atoms with Crippen LogP contribution in [-0.4, -0.2) is 18.0 Å². The van der Waals surface area contributed by atoms with Gasteiger partial charge < -0.3 is 11.1 Å². The molecule has 2 saturated carbocycles. The van der Waals surface area contributed by atoms with Crippen molar-refractivity contribution < 1.29 is 4.79 Å². The van der Waals surface area contributed by atoms with Gasteiger partial charge in [-0.2, -0.15) is 0 Å². The van der Waals surface area contributed by atoms with E-state index in [-0.39, 0.29) is 34.7 Å². The van der Waals surface area contributed by atoms with Gasteiger partial charge in [-0.15, -0.1) is 0 Å². The molecule has 0 spiro atoms. The van der Waals surface area contributed by atoms with Crippen LogP contribution in [0.25, 0.3) is 0 Å². The van der Waals surface area contributed by atoms with E-state index < -0.39 is 0 Å². The van der Waals surface area contributed by atoms with E-state index in [0.29, 0.717) is 0 Å². The average molecular weight is 210 g/mol. The van der Waals surface area contributed by atoms with Crippen molar-refractivity contribution in [3.05, 3.63) is 0 Å². The molecule has 0 radical (unpaired) electrons. The summed E-state index contributed by atoms with van der Waals surface area (Å²) >= 11 is 0. The summed E-state index contributed by atoms with van der Waals surface area (Å²) < 4.78 is 0. The molecule has 3 heteroatoms. The molecule has 0 unspecified atom stereocenters. The fraction of sp³-hybridized carbons (Fsp3) is 0.917. The maximum atomic E-state index is 11.7. The Morgan fingerprint density at radius 3 is 2.07 bits per heavy atom.